The molecule has 140 valence electrons. The Kier molecular flexibility index (Phi) is 5.91. The van der Waals surface area contributed by atoms with Gasteiger partial charge in [0.15, 0.2) is 5.76 Å². The van der Waals surface area contributed by atoms with Gasteiger partial charge in [-0.3, -0.25) is 4.79 Å². The molecule has 0 N–H and O–H groups in total. The van der Waals surface area contributed by atoms with Crippen molar-refractivity contribution in [2.75, 3.05) is 7.11 Å². The fraction of sp³-hybridized carbons (Fsp3) is 0.273. The van der Waals surface area contributed by atoms with E-state index in [2.05, 4.69) is 5.16 Å². The molecule has 0 saturated carbocycles. The molecule has 5 nitrogen and oxygen atoms in total. The maximum Gasteiger partial charge on any atom is 0.225 e. The van der Waals surface area contributed by atoms with E-state index < -0.39 is 0 Å². The van der Waals surface area contributed by atoms with Crippen LogP contribution < -0.4 is 4.74 Å². The standard InChI is InChI=1S/C22H24N2O3/c1-16(2)22(25)24(14-17-7-5-4-6-8-17)15-19-13-21(27-23-19)18-9-11-20(26-3)12-10-18/h4-13,16H,14-15H2,1-3H3. The lowest BCUT2D eigenvalue weighted by atomic mass is 10.1. The third-order valence-electron chi connectivity index (χ3n) is 4.31. The Bertz CT molecular complexity index is 870. The van der Waals surface area contributed by atoms with Gasteiger partial charge in [0.2, 0.25) is 5.91 Å². The van der Waals surface area contributed by atoms with Crippen molar-refractivity contribution in [2.24, 2.45) is 5.92 Å². The second kappa shape index (κ2) is 8.54. The van der Waals surface area contributed by atoms with E-state index in [4.69, 9.17) is 9.26 Å². The summed E-state index contributed by atoms with van der Waals surface area (Å²) in [6.45, 7) is 4.77. The van der Waals surface area contributed by atoms with Gasteiger partial charge in [0.1, 0.15) is 11.4 Å². The number of amides is 1. The molecule has 0 aliphatic carbocycles. The number of carbonyl (C=O) groups excluding carboxylic acids is 1. The summed E-state index contributed by atoms with van der Waals surface area (Å²) in [6, 6.07) is 19.4. The fourth-order valence-corrected chi connectivity index (χ4v) is 2.85. The zero-order valence-electron chi connectivity index (χ0n) is 15.9. The van der Waals surface area contributed by atoms with Gasteiger partial charge in [-0.25, -0.2) is 0 Å². The summed E-state index contributed by atoms with van der Waals surface area (Å²) in [7, 11) is 1.63. The summed E-state index contributed by atoms with van der Waals surface area (Å²) in [5.41, 5.74) is 2.73. The molecule has 3 aromatic rings. The van der Waals surface area contributed by atoms with Gasteiger partial charge in [-0.05, 0) is 29.8 Å². The molecule has 0 unspecified atom stereocenters. The van der Waals surface area contributed by atoms with Crippen LogP contribution in [0.15, 0.2) is 65.2 Å². The van der Waals surface area contributed by atoms with Crippen molar-refractivity contribution in [1.29, 1.82) is 0 Å². The van der Waals surface area contributed by atoms with Crippen LogP contribution in [0.2, 0.25) is 0 Å². The Balaban J connectivity index is 1.77. The number of hydrogen-bond donors (Lipinski definition) is 0. The van der Waals surface area contributed by atoms with Crippen molar-refractivity contribution >= 4 is 5.91 Å². The third kappa shape index (κ3) is 4.76. The van der Waals surface area contributed by atoms with Gasteiger partial charge < -0.3 is 14.2 Å². The SMILES string of the molecule is COc1ccc(-c2cc(CN(Cc3ccccc3)C(=O)C(C)C)no2)cc1. The van der Waals surface area contributed by atoms with Gasteiger partial charge in [-0.2, -0.15) is 0 Å². The molecule has 1 aromatic heterocycles. The lowest BCUT2D eigenvalue weighted by Gasteiger charge is -2.23. The Labute approximate surface area is 159 Å². The molecule has 5 heteroatoms. The second-order valence-electron chi connectivity index (χ2n) is 6.75. The van der Waals surface area contributed by atoms with Crippen LogP contribution in [-0.2, 0) is 17.9 Å². The van der Waals surface area contributed by atoms with Crippen molar-refractivity contribution < 1.29 is 14.1 Å². The zero-order valence-corrected chi connectivity index (χ0v) is 15.9. The molecule has 0 radical (unpaired) electrons. The maximum atomic E-state index is 12.7. The van der Waals surface area contributed by atoms with E-state index in [9.17, 15) is 4.79 Å². The number of hydrogen-bond acceptors (Lipinski definition) is 4. The molecule has 27 heavy (non-hydrogen) atoms. The van der Waals surface area contributed by atoms with E-state index in [1.165, 1.54) is 0 Å². The van der Waals surface area contributed by atoms with Gasteiger partial charge in [0, 0.05) is 24.1 Å². The van der Waals surface area contributed by atoms with E-state index in [0.29, 0.717) is 18.8 Å². The largest absolute Gasteiger partial charge is 0.497 e. The number of aromatic nitrogens is 1. The first-order valence-corrected chi connectivity index (χ1v) is 8.99. The summed E-state index contributed by atoms with van der Waals surface area (Å²) in [5, 5.41) is 4.16. The molecule has 0 spiro atoms. The monoisotopic (exact) mass is 364 g/mol. The van der Waals surface area contributed by atoms with Crippen molar-refractivity contribution in [3.63, 3.8) is 0 Å². The third-order valence-corrected chi connectivity index (χ3v) is 4.31. The fourth-order valence-electron chi connectivity index (χ4n) is 2.85. The van der Waals surface area contributed by atoms with Crippen molar-refractivity contribution in [1.82, 2.24) is 10.1 Å². The van der Waals surface area contributed by atoms with Crippen LogP contribution in [0.1, 0.15) is 25.1 Å². The van der Waals surface area contributed by atoms with Gasteiger partial charge >= 0.3 is 0 Å². The number of benzene rings is 2. The summed E-state index contributed by atoms with van der Waals surface area (Å²) < 4.78 is 10.7. The molecular weight excluding hydrogens is 340 g/mol. The van der Waals surface area contributed by atoms with E-state index in [1.807, 2.05) is 79.4 Å². The van der Waals surface area contributed by atoms with Gasteiger partial charge in [0.25, 0.3) is 0 Å². The van der Waals surface area contributed by atoms with Crippen LogP contribution in [0.5, 0.6) is 5.75 Å². The minimum absolute atomic E-state index is 0.0818. The van der Waals surface area contributed by atoms with Crippen LogP contribution in [0.25, 0.3) is 11.3 Å². The van der Waals surface area contributed by atoms with Crippen LogP contribution in [0.3, 0.4) is 0 Å². The maximum absolute atomic E-state index is 12.7. The van der Waals surface area contributed by atoms with Gasteiger partial charge in [-0.1, -0.05) is 49.3 Å². The second-order valence-corrected chi connectivity index (χ2v) is 6.75. The highest BCUT2D eigenvalue weighted by Crippen LogP contribution is 2.24. The normalized spacial score (nSPS) is 10.8. The van der Waals surface area contributed by atoms with Crippen molar-refractivity contribution in [3.8, 4) is 17.1 Å². The van der Waals surface area contributed by atoms with E-state index in [1.54, 1.807) is 7.11 Å². The highest BCUT2D eigenvalue weighted by Gasteiger charge is 2.19. The van der Waals surface area contributed by atoms with Crippen LogP contribution >= 0.6 is 0 Å². The predicted octanol–water partition coefficient (Wildman–Crippen LogP) is 4.54. The molecule has 1 heterocycles. The smallest absolute Gasteiger partial charge is 0.225 e. The number of methoxy groups -OCH3 is 1. The Morgan fingerprint density at radius 2 is 1.78 bits per heavy atom. The molecule has 1 amide bonds. The molecule has 0 atom stereocenters. The van der Waals surface area contributed by atoms with Crippen LogP contribution in [0.4, 0.5) is 0 Å². The minimum atomic E-state index is -0.0818. The first-order valence-electron chi connectivity index (χ1n) is 8.99. The van der Waals surface area contributed by atoms with Crippen molar-refractivity contribution in [2.45, 2.75) is 26.9 Å². The molecule has 0 fully saturated rings. The van der Waals surface area contributed by atoms with Gasteiger partial charge in [0.05, 0.1) is 13.7 Å². The zero-order chi connectivity index (χ0) is 19.2. The summed E-state index contributed by atoms with van der Waals surface area (Å²) in [6.07, 6.45) is 0. The summed E-state index contributed by atoms with van der Waals surface area (Å²) in [4.78, 5) is 14.5. The first kappa shape index (κ1) is 18.7. The lowest BCUT2D eigenvalue weighted by molar-refractivity contribution is -0.135. The number of carbonyl (C=O) groups is 1. The predicted molar refractivity (Wildman–Crippen MR) is 104 cm³/mol. The van der Waals surface area contributed by atoms with E-state index in [-0.39, 0.29) is 11.8 Å². The lowest BCUT2D eigenvalue weighted by Crippen LogP contribution is -2.33. The molecule has 0 bridgehead atoms. The Morgan fingerprint density at radius 3 is 2.41 bits per heavy atom. The molecule has 0 aliphatic rings. The molecule has 2 aromatic carbocycles. The van der Waals surface area contributed by atoms with Crippen molar-refractivity contribution in [3.05, 3.63) is 71.9 Å². The van der Waals surface area contributed by atoms with Crippen LogP contribution in [0, 0.1) is 5.92 Å². The minimum Gasteiger partial charge on any atom is -0.497 e. The van der Waals surface area contributed by atoms with Crippen LogP contribution in [-0.4, -0.2) is 23.1 Å². The Morgan fingerprint density at radius 1 is 1.07 bits per heavy atom. The number of nitrogens with zero attached hydrogens (tertiary/aromatic N) is 2. The topological polar surface area (TPSA) is 55.6 Å². The molecule has 0 aliphatic heterocycles. The van der Waals surface area contributed by atoms with E-state index >= 15 is 0 Å². The van der Waals surface area contributed by atoms with E-state index in [0.717, 1.165) is 22.6 Å². The summed E-state index contributed by atoms with van der Waals surface area (Å²) >= 11 is 0. The average molecular weight is 364 g/mol. The molecule has 0 saturated heterocycles. The number of ether oxygens (including phenoxy) is 1. The summed E-state index contributed by atoms with van der Waals surface area (Å²) in [5.74, 6) is 1.47. The average Bonchev–Trinajstić information content (AvgIpc) is 3.16. The molecule has 3 rings (SSSR count). The quantitative estimate of drug-likeness (QED) is 0.618. The highest BCUT2D eigenvalue weighted by atomic mass is 16.5. The number of rotatable bonds is 7. The Hall–Kier alpha value is -3.08. The highest BCUT2D eigenvalue weighted by molar-refractivity contribution is 5.78. The molecular formula is C22H24N2O3. The first-order chi connectivity index (χ1) is 13.1. The van der Waals surface area contributed by atoms with Gasteiger partial charge in [-0.15, -0.1) is 0 Å².